The summed E-state index contributed by atoms with van der Waals surface area (Å²) in [6.07, 6.45) is 6.90. The number of aromatic nitrogens is 1. The average Bonchev–Trinajstić information content (AvgIpc) is 2.54. The van der Waals surface area contributed by atoms with Gasteiger partial charge in [-0.25, -0.2) is 0 Å². The summed E-state index contributed by atoms with van der Waals surface area (Å²) in [5, 5.41) is 0. The van der Waals surface area contributed by atoms with E-state index < -0.39 is 0 Å². The van der Waals surface area contributed by atoms with E-state index in [2.05, 4.69) is 42.7 Å². The molecule has 15 heavy (non-hydrogen) atoms. The molecule has 0 fully saturated rings. The van der Waals surface area contributed by atoms with Crippen molar-refractivity contribution in [3.8, 4) is 0 Å². The van der Waals surface area contributed by atoms with Gasteiger partial charge in [-0.1, -0.05) is 12.5 Å². The topological polar surface area (TPSA) is 17.0 Å². The molecule has 1 N–H and O–H groups in total. The van der Waals surface area contributed by atoms with Gasteiger partial charge in [0.05, 0.1) is 0 Å². The van der Waals surface area contributed by atoms with Crippen LogP contribution in [-0.4, -0.2) is 11.2 Å². The van der Waals surface area contributed by atoms with Crippen molar-refractivity contribution in [1.82, 2.24) is 4.68 Å². The van der Waals surface area contributed by atoms with Crippen LogP contribution in [0.15, 0.2) is 24.8 Å². The molecule has 1 aromatic rings. The van der Waals surface area contributed by atoms with Crippen LogP contribution in [0.3, 0.4) is 0 Å². The first-order chi connectivity index (χ1) is 7.25. The van der Waals surface area contributed by atoms with Gasteiger partial charge in [0.15, 0.2) is 0 Å². The normalized spacial score (nSPS) is 10.3. The molecule has 0 aliphatic heterocycles. The molecular formula is C13H22N2. The van der Waals surface area contributed by atoms with Gasteiger partial charge in [-0.05, 0) is 45.2 Å². The standard InChI is InChI=1S/C13H22N2/c1-4-5-6-7-8-11-14-15-12(2)9-10-13(15)3/h4,9-10,14H,1,5-8,11H2,2-3H3. The molecule has 2 nitrogen and oxygen atoms in total. The van der Waals surface area contributed by atoms with Crippen molar-refractivity contribution in [2.45, 2.75) is 39.5 Å². The van der Waals surface area contributed by atoms with Crippen LogP contribution in [0.1, 0.15) is 37.1 Å². The van der Waals surface area contributed by atoms with Gasteiger partial charge in [0.25, 0.3) is 0 Å². The fourth-order valence-corrected chi connectivity index (χ4v) is 1.70. The predicted molar refractivity (Wildman–Crippen MR) is 66.8 cm³/mol. The monoisotopic (exact) mass is 206 g/mol. The van der Waals surface area contributed by atoms with Gasteiger partial charge in [0.2, 0.25) is 0 Å². The van der Waals surface area contributed by atoms with Gasteiger partial charge in [0.1, 0.15) is 0 Å². The number of hydrogen-bond acceptors (Lipinski definition) is 1. The van der Waals surface area contributed by atoms with Gasteiger partial charge < -0.3 is 5.43 Å². The molecule has 1 aromatic heterocycles. The molecule has 0 amide bonds. The molecular weight excluding hydrogens is 184 g/mol. The smallest absolute Gasteiger partial charge is 0.0366 e. The van der Waals surface area contributed by atoms with Crippen LogP contribution in [0.25, 0.3) is 0 Å². The number of nitrogens with zero attached hydrogens (tertiary/aromatic N) is 1. The summed E-state index contributed by atoms with van der Waals surface area (Å²) in [5.74, 6) is 0. The highest BCUT2D eigenvalue weighted by atomic mass is 15.4. The fraction of sp³-hybridized carbons (Fsp3) is 0.538. The van der Waals surface area contributed by atoms with E-state index in [-0.39, 0.29) is 0 Å². The van der Waals surface area contributed by atoms with E-state index in [0.29, 0.717) is 0 Å². The molecule has 0 saturated heterocycles. The summed E-state index contributed by atoms with van der Waals surface area (Å²) >= 11 is 0. The molecule has 0 radical (unpaired) electrons. The molecule has 2 heteroatoms. The van der Waals surface area contributed by atoms with Crippen molar-refractivity contribution in [3.05, 3.63) is 36.2 Å². The first-order valence-electron chi connectivity index (χ1n) is 5.75. The minimum atomic E-state index is 1.05. The molecule has 1 rings (SSSR count). The van der Waals surface area contributed by atoms with Crippen molar-refractivity contribution in [3.63, 3.8) is 0 Å². The zero-order chi connectivity index (χ0) is 11.1. The SMILES string of the molecule is C=CCCCCCNn1c(C)ccc1C. The number of rotatable bonds is 7. The Morgan fingerprint density at radius 3 is 2.47 bits per heavy atom. The van der Waals surface area contributed by atoms with E-state index >= 15 is 0 Å². The van der Waals surface area contributed by atoms with Gasteiger partial charge in [-0.2, -0.15) is 0 Å². The maximum atomic E-state index is 3.72. The third kappa shape index (κ3) is 3.82. The summed E-state index contributed by atoms with van der Waals surface area (Å²) < 4.78 is 2.16. The van der Waals surface area contributed by atoms with Crippen LogP contribution in [0.2, 0.25) is 0 Å². The largest absolute Gasteiger partial charge is 0.326 e. The Hall–Kier alpha value is -1.18. The molecule has 0 atom stereocenters. The molecule has 0 spiro atoms. The Morgan fingerprint density at radius 1 is 1.20 bits per heavy atom. The minimum absolute atomic E-state index is 1.05. The van der Waals surface area contributed by atoms with Gasteiger partial charge in [-0.3, -0.25) is 4.68 Å². The van der Waals surface area contributed by atoms with Crippen LogP contribution in [-0.2, 0) is 0 Å². The second kappa shape index (κ2) is 6.33. The highest BCUT2D eigenvalue weighted by Gasteiger charge is 1.98. The maximum Gasteiger partial charge on any atom is 0.0366 e. The van der Waals surface area contributed by atoms with Gasteiger partial charge in [-0.15, -0.1) is 6.58 Å². The molecule has 0 bridgehead atoms. The van der Waals surface area contributed by atoms with Crippen molar-refractivity contribution >= 4 is 0 Å². The number of nitrogens with one attached hydrogen (secondary N) is 1. The van der Waals surface area contributed by atoms with Crippen molar-refractivity contribution in [1.29, 1.82) is 0 Å². The Balaban J connectivity index is 2.17. The fourth-order valence-electron chi connectivity index (χ4n) is 1.70. The van der Waals surface area contributed by atoms with Gasteiger partial charge >= 0.3 is 0 Å². The Morgan fingerprint density at radius 2 is 1.87 bits per heavy atom. The molecule has 0 aliphatic carbocycles. The molecule has 1 heterocycles. The second-order valence-corrected chi connectivity index (χ2v) is 4.00. The minimum Gasteiger partial charge on any atom is -0.326 e. The van der Waals surface area contributed by atoms with Crippen LogP contribution in [0.4, 0.5) is 0 Å². The van der Waals surface area contributed by atoms with Crippen molar-refractivity contribution in [2.24, 2.45) is 0 Å². The third-order valence-electron chi connectivity index (χ3n) is 2.63. The summed E-state index contributed by atoms with van der Waals surface area (Å²) in [5.41, 5.74) is 5.98. The summed E-state index contributed by atoms with van der Waals surface area (Å²) in [6.45, 7) is 9.02. The number of aryl methyl sites for hydroxylation is 2. The highest BCUT2D eigenvalue weighted by molar-refractivity contribution is 5.15. The summed E-state index contributed by atoms with van der Waals surface area (Å²) in [6, 6.07) is 4.28. The lowest BCUT2D eigenvalue weighted by Gasteiger charge is -2.12. The molecule has 0 aliphatic rings. The third-order valence-corrected chi connectivity index (χ3v) is 2.63. The molecule has 0 unspecified atom stereocenters. The highest BCUT2D eigenvalue weighted by Crippen LogP contribution is 2.05. The van der Waals surface area contributed by atoms with E-state index in [1.54, 1.807) is 0 Å². The first kappa shape index (κ1) is 11.9. The van der Waals surface area contributed by atoms with Gasteiger partial charge in [0, 0.05) is 17.9 Å². The van der Waals surface area contributed by atoms with Crippen LogP contribution < -0.4 is 5.43 Å². The van der Waals surface area contributed by atoms with Crippen LogP contribution in [0.5, 0.6) is 0 Å². The summed E-state index contributed by atoms with van der Waals surface area (Å²) in [7, 11) is 0. The molecule has 84 valence electrons. The van der Waals surface area contributed by atoms with Crippen molar-refractivity contribution < 1.29 is 0 Å². The average molecular weight is 206 g/mol. The lowest BCUT2D eigenvalue weighted by molar-refractivity contribution is 0.671. The lowest BCUT2D eigenvalue weighted by Crippen LogP contribution is -2.18. The Labute approximate surface area is 93.0 Å². The Bertz CT molecular complexity index is 280. The lowest BCUT2D eigenvalue weighted by atomic mass is 10.2. The number of allylic oxidation sites excluding steroid dienone is 1. The maximum absolute atomic E-state index is 3.72. The molecule has 0 aromatic carbocycles. The molecule has 0 saturated carbocycles. The van der Waals surface area contributed by atoms with Crippen LogP contribution in [0, 0.1) is 13.8 Å². The zero-order valence-electron chi connectivity index (χ0n) is 9.92. The number of unbranched alkanes of at least 4 members (excludes halogenated alkanes) is 3. The zero-order valence-corrected chi connectivity index (χ0v) is 9.92. The van der Waals surface area contributed by atoms with E-state index in [1.807, 2.05) is 6.08 Å². The quantitative estimate of drug-likeness (QED) is 0.534. The first-order valence-corrected chi connectivity index (χ1v) is 5.75. The number of hydrogen-bond donors (Lipinski definition) is 1. The predicted octanol–water partition coefficient (Wildman–Crippen LogP) is 3.39. The van der Waals surface area contributed by atoms with Crippen molar-refractivity contribution in [2.75, 3.05) is 12.0 Å². The Kier molecular flexibility index (Phi) is 5.02. The second-order valence-electron chi connectivity index (χ2n) is 4.00. The van der Waals surface area contributed by atoms with E-state index in [9.17, 15) is 0 Å². The summed E-state index contributed by atoms with van der Waals surface area (Å²) in [4.78, 5) is 0. The van der Waals surface area contributed by atoms with E-state index in [1.165, 1.54) is 30.7 Å². The van der Waals surface area contributed by atoms with E-state index in [0.717, 1.165) is 13.0 Å². The van der Waals surface area contributed by atoms with Crippen LogP contribution >= 0.6 is 0 Å². The van der Waals surface area contributed by atoms with E-state index in [4.69, 9.17) is 0 Å².